The quantitative estimate of drug-likeness (QED) is 0.171. The Bertz CT molecular complexity index is 1020. The lowest BCUT2D eigenvalue weighted by atomic mass is 10.0. The molecular formula is C30H42N2O4. The average molecular weight is 495 g/mol. The fraction of sp³-hybridized carbons (Fsp3) is 0.467. The number of hydrogen-bond acceptors (Lipinski definition) is 4. The van der Waals surface area contributed by atoms with E-state index >= 15 is 0 Å². The Morgan fingerprint density at radius 3 is 2.42 bits per heavy atom. The maximum Gasteiger partial charge on any atom is 0.333 e. The standard InChI is InChI=1S/C30H42N2O4/c1-6-10-11-12-13-19-31-30(34)32(5)26-16-14-15-25(22-26)27-18-17-23(21-28(27)35-8-3)20-24(7-2)29(33)36-9-4/h14-18,20-22H,6-13,19H2,1-5H3,(H,31,34)/b24-20+. The van der Waals surface area contributed by atoms with Gasteiger partial charge in [-0.2, -0.15) is 0 Å². The zero-order valence-electron chi connectivity index (χ0n) is 22.6. The number of rotatable bonds is 14. The minimum atomic E-state index is -0.294. The Hall–Kier alpha value is -3.28. The summed E-state index contributed by atoms with van der Waals surface area (Å²) in [6, 6.07) is 13.7. The molecule has 0 atom stereocenters. The van der Waals surface area contributed by atoms with Crippen molar-refractivity contribution in [2.75, 3.05) is 31.7 Å². The maximum atomic E-state index is 12.7. The van der Waals surface area contributed by atoms with E-state index in [2.05, 4.69) is 12.2 Å². The predicted molar refractivity (Wildman–Crippen MR) is 149 cm³/mol. The molecule has 0 spiro atoms. The number of urea groups is 1. The average Bonchev–Trinajstić information content (AvgIpc) is 2.89. The van der Waals surface area contributed by atoms with E-state index in [0.29, 0.717) is 31.8 Å². The summed E-state index contributed by atoms with van der Waals surface area (Å²) in [5.74, 6) is 0.430. The van der Waals surface area contributed by atoms with Crippen LogP contribution in [0.1, 0.15) is 71.8 Å². The molecule has 0 bridgehead atoms. The Kier molecular flexibility index (Phi) is 12.6. The lowest BCUT2D eigenvalue weighted by Gasteiger charge is -2.19. The summed E-state index contributed by atoms with van der Waals surface area (Å²) in [7, 11) is 1.78. The Balaban J connectivity index is 2.21. The number of anilines is 1. The Labute approximate surface area is 216 Å². The molecule has 0 unspecified atom stereocenters. The van der Waals surface area contributed by atoms with Crippen molar-refractivity contribution in [3.05, 3.63) is 53.6 Å². The van der Waals surface area contributed by atoms with Crippen LogP contribution in [0.5, 0.6) is 5.75 Å². The summed E-state index contributed by atoms with van der Waals surface area (Å²) in [4.78, 5) is 26.5. The third-order valence-corrected chi connectivity index (χ3v) is 5.97. The van der Waals surface area contributed by atoms with Gasteiger partial charge < -0.3 is 14.8 Å². The smallest absolute Gasteiger partial charge is 0.333 e. The number of nitrogens with zero attached hydrogens (tertiary/aromatic N) is 1. The lowest BCUT2D eigenvalue weighted by molar-refractivity contribution is -0.138. The highest BCUT2D eigenvalue weighted by Crippen LogP contribution is 2.34. The number of hydrogen-bond donors (Lipinski definition) is 1. The van der Waals surface area contributed by atoms with Crippen LogP contribution in [-0.2, 0) is 9.53 Å². The van der Waals surface area contributed by atoms with Crippen LogP contribution in [0.15, 0.2) is 48.0 Å². The van der Waals surface area contributed by atoms with Crippen molar-refractivity contribution in [3.63, 3.8) is 0 Å². The van der Waals surface area contributed by atoms with Gasteiger partial charge in [0.05, 0.1) is 13.2 Å². The van der Waals surface area contributed by atoms with E-state index in [0.717, 1.165) is 41.0 Å². The Morgan fingerprint density at radius 2 is 1.72 bits per heavy atom. The van der Waals surface area contributed by atoms with E-state index in [1.807, 2.05) is 62.4 Å². The van der Waals surface area contributed by atoms with E-state index in [1.165, 1.54) is 19.3 Å². The monoisotopic (exact) mass is 494 g/mol. The van der Waals surface area contributed by atoms with Gasteiger partial charge in [0.15, 0.2) is 0 Å². The van der Waals surface area contributed by atoms with Crippen LogP contribution in [0, 0.1) is 0 Å². The van der Waals surface area contributed by atoms with Crippen LogP contribution in [0.3, 0.4) is 0 Å². The first-order chi connectivity index (χ1) is 17.4. The van der Waals surface area contributed by atoms with E-state index in [-0.39, 0.29) is 12.0 Å². The van der Waals surface area contributed by atoms with Crippen LogP contribution in [0.25, 0.3) is 17.2 Å². The van der Waals surface area contributed by atoms with Gasteiger partial charge in [0.1, 0.15) is 5.75 Å². The number of benzene rings is 2. The highest BCUT2D eigenvalue weighted by atomic mass is 16.5. The second-order valence-corrected chi connectivity index (χ2v) is 8.69. The van der Waals surface area contributed by atoms with Gasteiger partial charge in [0.25, 0.3) is 0 Å². The Morgan fingerprint density at radius 1 is 0.944 bits per heavy atom. The molecular weight excluding hydrogens is 452 g/mol. The van der Waals surface area contributed by atoms with Crippen molar-refractivity contribution in [3.8, 4) is 16.9 Å². The number of nitrogens with one attached hydrogen (secondary N) is 1. The fourth-order valence-electron chi connectivity index (χ4n) is 3.91. The molecule has 196 valence electrons. The first-order valence-corrected chi connectivity index (χ1v) is 13.2. The third-order valence-electron chi connectivity index (χ3n) is 5.97. The molecule has 0 fully saturated rings. The summed E-state index contributed by atoms with van der Waals surface area (Å²) >= 11 is 0. The molecule has 0 aromatic heterocycles. The number of carbonyl (C=O) groups excluding carboxylic acids is 2. The van der Waals surface area contributed by atoms with E-state index in [1.54, 1.807) is 18.9 Å². The van der Waals surface area contributed by atoms with Gasteiger partial charge in [-0.15, -0.1) is 0 Å². The minimum Gasteiger partial charge on any atom is -0.493 e. The summed E-state index contributed by atoms with van der Waals surface area (Å²) < 4.78 is 11.1. The third kappa shape index (κ3) is 8.74. The summed E-state index contributed by atoms with van der Waals surface area (Å²) in [5.41, 5.74) is 4.17. The molecule has 6 nitrogen and oxygen atoms in total. The van der Waals surface area contributed by atoms with Crippen molar-refractivity contribution in [1.29, 1.82) is 0 Å². The van der Waals surface area contributed by atoms with Crippen molar-refractivity contribution in [2.24, 2.45) is 0 Å². The molecule has 0 aliphatic heterocycles. The first kappa shape index (κ1) is 29.0. The molecule has 6 heteroatoms. The SMILES string of the molecule is CCCCCCCNC(=O)N(C)c1cccc(-c2ccc(/C=C(\CC)C(=O)OCC)cc2OCC)c1. The van der Waals surface area contributed by atoms with Crippen molar-refractivity contribution >= 4 is 23.8 Å². The number of ether oxygens (including phenoxy) is 2. The number of amides is 2. The van der Waals surface area contributed by atoms with Gasteiger partial charge in [-0.1, -0.05) is 63.8 Å². The van der Waals surface area contributed by atoms with E-state index < -0.39 is 0 Å². The van der Waals surface area contributed by atoms with Gasteiger partial charge in [-0.3, -0.25) is 4.90 Å². The van der Waals surface area contributed by atoms with Crippen LogP contribution in [-0.4, -0.2) is 38.8 Å². The molecule has 0 heterocycles. The normalized spacial score (nSPS) is 11.2. The van der Waals surface area contributed by atoms with Gasteiger partial charge >= 0.3 is 12.0 Å². The molecule has 1 N–H and O–H groups in total. The van der Waals surface area contributed by atoms with E-state index in [4.69, 9.17) is 9.47 Å². The summed E-state index contributed by atoms with van der Waals surface area (Å²) in [6.45, 7) is 9.42. The van der Waals surface area contributed by atoms with Gasteiger partial charge in [0.2, 0.25) is 0 Å². The van der Waals surface area contributed by atoms with Crippen LogP contribution < -0.4 is 15.0 Å². The number of unbranched alkanes of at least 4 members (excludes halogenated alkanes) is 4. The molecule has 2 rings (SSSR count). The number of esters is 1. The highest BCUT2D eigenvalue weighted by Gasteiger charge is 2.14. The minimum absolute atomic E-state index is 0.112. The van der Waals surface area contributed by atoms with E-state index in [9.17, 15) is 9.59 Å². The second kappa shape index (κ2) is 15.7. The molecule has 0 radical (unpaired) electrons. The highest BCUT2D eigenvalue weighted by molar-refractivity contribution is 5.94. The van der Waals surface area contributed by atoms with Crippen molar-refractivity contribution in [2.45, 2.75) is 66.2 Å². The van der Waals surface area contributed by atoms with Gasteiger partial charge in [-0.05, 0) is 62.1 Å². The summed E-state index contributed by atoms with van der Waals surface area (Å²) in [6.07, 6.45) is 8.23. The second-order valence-electron chi connectivity index (χ2n) is 8.69. The lowest BCUT2D eigenvalue weighted by Crippen LogP contribution is -2.37. The maximum absolute atomic E-state index is 12.7. The molecule has 2 amide bonds. The number of carbonyl (C=O) groups is 2. The first-order valence-electron chi connectivity index (χ1n) is 13.2. The molecule has 0 saturated heterocycles. The van der Waals surface area contributed by atoms with Crippen molar-refractivity contribution in [1.82, 2.24) is 5.32 Å². The molecule has 2 aromatic rings. The molecule has 0 aliphatic rings. The molecule has 0 saturated carbocycles. The molecule has 2 aromatic carbocycles. The van der Waals surface area contributed by atoms with Crippen molar-refractivity contribution < 1.29 is 19.1 Å². The zero-order chi connectivity index (χ0) is 26.3. The van der Waals surface area contributed by atoms with Crippen LogP contribution in [0.4, 0.5) is 10.5 Å². The van der Waals surface area contributed by atoms with Crippen LogP contribution >= 0.6 is 0 Å². The zero-order valence-corrected chi connectivity index (χ0v) is 22.6. The summed E-state index contributed by atoms with van der Waals surface area (Å²) in [5, 5.41) is 3.02. The predicted octanol–water partition coefficient (Wildman–Crippen LogP) is 7.23. The molecule has 0 aliphatic carbocycles. The topological polar surface area (TPSA) is 67.9 Å². The van der Waals surface area contributed by atoms with Gasteiger partial charge in [-0.25, -0.2) is 9.59 Å². The van der Waals surface area contributed by atoms with Gasteiger partial charge in [0, 0.05) is 30.4 Å². The molecule has 36 heavy (non-hydrogen) atoms. The largest absolute Gasteiger partial charge is 0.493 e. The van der Waals surface area contributed by atoms with Crippen LogP contribution in [0.2, 0.25) is 0 Å². The fourth-order valence-corrected chi connectivity index (χ4v) is 3.91.